The Morgan fingerprint density at radius 3 is 2.70 bits per heavy atom. The fraction of sp³-hybridized carbons (Fsp3) is 0.333. The number of nitrogens with zero attached hydrogens (tertiary/aromatic N) is 3. The van der Waals surface area contributed by atoms with Crippen molar-refractivity contribution in [1.82, 2.24) is 14.2 Å². The Labute approximate surface area is 175 Å². The minimum atomic E-state index is -3.67. The van der Waals surface area contributed by atoms with Crippen molar-refractivity contribution in [2.75, 3.05) is 33.3 Å². The molecule has 0 amide bonds. The monoisotopic (exact) mass is 429 g/mol. The molecular formula is C21H23N3O5S. The van der Waals surface area contributed by atoms with Crippen LogP contribution in [0.25, 0.3) is 10.9 Å². The normalized spacial score (nSPS) is 16.1. The number of piperazine rings is 1. The van der Waals surface area contributed by atoms with Gasteiger partial charge in [0.15, 0.2) is 0 Å². The van der Waals surface area contributed by atoms with Gasteiger partial charge in [0.2, 0.25) is 10.0 Å². The third-order valence-corrected chi connectivity index (χ3v) is 7.21. The number of benzene rings is 1. The maximum atomic E-state index is 13.3. The summed E-state index contributed by atoms with van der Waals surface area (Å²) in [6.45, 7) is 4.09. The summed E-state index contributed by atoms with van der Waals surface area (Å²) in [7, 11) is -2.34. The number of fused-ring (bicyclic) bond motifs is 1. The molecule has 0 bridgehead atoms. The molecule has 0 unspecified atom stereocenters. The number of furan rings is 1. The first kappa shape index (κ1) is 20.5. The number of carbonyl (C=O) groups is 1. The lowest BCUT2D eigenvalue weighted by Gasteiger charge is -2.33. The number of aryl methyl sites for hydroxylation is 1. The fourth-order valence-corrected chi connectivity index (χ4v) is 5.26. The van der Waals surface area contributed by atoms with Gasteiger partial charge in [0, 0.05) is 37.8 Å². The minimum Gasteiger partial charge on any atom is -0.467 e. The van der Waals surface area contributed by atoms with Crippen LogP contribution >= 0.6 is 0 Å². The number of pyridine rings is 1. The summed E-state index contributed by atoms with van der Waals surface area (Å²) in [6.07, 6.45) is 3.14. The highest BCUT2D eigenvalue weighted by Gasteiger charge is 2.31. The molecule has 1 aliphatic heterocycles. The molecule has 3 aromatic rings. The number of rotatable bonds is 5. The van der Waals surface area contributed by atoms with Gasteiger partial charge in [0.25, 0.3) is 0 Å². The minimum absolute atomic E-state index is 0.229. The molecule has 1 saturated heterocycles. The lowest BCUT2D eigenvalue weighted by atomic mass is 10.2. The van der Waals surface area contributed by atoms with Gasteiger partial charge in [-0.15, -0.1) is 0 Å². The number of ether oxygens (including phenoxy) is 1. The van der Waals surface area contributed by atoms with Gasteiger partial charge in [-0.05, 0) is 30.7 Å². The maximum Gasteiger partial charge on any atom is 0.341 e. The van der Waals surface area contributed by atoms with E-state index in [2.05, 4.69) is 9.88 Å². The Balaban J connectivity index is 1.49. The van der Waals surface area contributed by atoms with E-state index < -0.39 is 16.0 Å². The van der Waals surface area contributed by atoms with Gasteiger partial charge >= 0.3 is 5.97 Å². The van der Waals surface area contributed by atoms with Gasteiger partial charge in [-0.2, -0.15) is 4.31 Å². The fourth-order valence-electron chi connectivity index (χ4n) is 3.68. The number of hydrogen-bond acceptors (Lipinski definition) is 7. The Kier molecular flexibility index (Phi) is 5.59. The predicted molar refractivity (Wildman–Crippen MR) is 111 cm³/mol. The van der Waals surface area contributed by atoms with Crippen molar-refractivity contribution >= 4 is 26.9 Å². The first-order valence-electron chi connectivity index (χ1n) is 9.62. The first-order valence-corrected chi connectivity index (χ1v) is 11.1. The topological polar surface area (TPSA) is 93.0 Å². The molecule has 9 heteroatoms. The van der Waals surface area contributed by atoms with Crippen molar-refractivity contribution in [3.63, 3.8) is 0 Å². The average Bonchev–Trinajstić information content (AvgIpc) is 3.21. The van der Waals surface area contributed by atoms with E-state index in [1.54, 1.807) is 24.4 Å². The number of para-hydroxylation sites is 1. The molecule has 0 atom stereocenters. The molecular weight excluding hydrogens is 406 g/mol. The lowest BCUT2D eigenvalue weighted by Crippen LogP contribution is -2.48. The van der Waals surface area contributed by atoms with E-state index >= 15 is 0 Å². The smallest absolute Gasteiger partial charge is 0.341 e. The number of hydrogen-bond donors (Lipinski definition) is 0. The highest BCUT2D eigenvalue weighted by molar-refractivity contribution is 7.89. The highest BCUT2D eigenvalue weighted by Crippen LogP contribution is 2.26. The molecule has 2 aromatic heterocycles. The molecule has 0 spiro atoms. The molecule has 3 heterocycles. The number of aromatic nitrogens is 1. The SMILES string of the molecule is COC(=O)c1ccoc1CN1CCN(S(=O)(=O)c2cccc3cc(C)cnc23)CC1. The van der Waals surface area contributed by atoms with E-state index in [1.165, 1.54) is 17.7 Å². The standard InChI is InChI=1S/C21H23N3O5S/c1-15-12-16-4-3-5-19(20(16)22-13-15)30(26,27)24-9-7-23(8-10-24)14-18-17(6-11-29-18)21(25)28-2/h3-6,11-13H,7-10,14H2,1-2H3. The quantitative estimate of drug-likeness (QED) is 0.575. The Bertz CT molecular complexity index is 1180. The summed E-state index contributed by atoms with van der Waals surface area (Å²) in [5.74, 6) is 0.0745. The molecule has 4 rings (SSSR count). The second-order valence-corrected chi connectivity index (χ2v) is 9.18. The van der Waals surface area contributed by atoms with Crippen LogP contribution in [0.15, 0.2) is 52.1 Å². The van der Waals surface area contributed by atoms with E-state index in [4.69, 9.17) is 9.15 Å². The Morgan fingerprint density at radius 2 is 1.97 bits per heavy atom. The van der Waals surface area contributed by atoms with E-state index in [0.717, 1.165) is 10.9 Å². The second-order valence-electron chi connectivity index (χ2n) is 7.27. The van der Waals surface area contributed by atoms with E-state index in [1.807, 2.05) is 19.1 Å². The van der Waals surface area contributed by atoms with Crippen LogP contribution in [-0.2, 0) is 21.3 Å². The maximum absolute atomic E-state index is 13.3. The van der Waals surface area contributed by atoms with Crippen LogP contribution in [0.3, 0.4) is 0 Å². The van der Waals surface area contributed by atoms with Crippen molar-refractivity contribution in [1.29, 1.82) is 0 Å². The van der Waals surface area contributed by atoms with Crippen molar-refractivity contribution in [3.8, 4) is 0 Å². The number of carbonyl (C=O) groups excluding carboxylic acids is 1. The van der Waals surface area contributed by atoms with Crippen LogP contribution in [-0.4, -0.2) is 61.9 Å². The summed E-state index contributed by atoms with van der Waals surface area (Å²) in [5, 5.41) is 0.808. The van der Waals surface area contributed by atoms with Crippen LogP contribution in [0.5, 0.6) is 0 Å². The van der Waals surface area contributed by atoms with Crippen LogP contribution in [0, 0.1) is 6.92 Å². The van der Waals surface area contributed by atoms with Crippen LogP contribution in [0.2, 0.25) is 0 Å². The van der Waals surface area contributed by atoms with Crippen molar-refractivity contribution in [2.45, 2.75) is 18.4 Å². The molecule has 1 aromatic carbocycles. The Hall–Kier alpha value is -2.75. The van der Waals surface area contributed by atoms with Gasteiger partial charge in [-0.1, -0.05) is 12.1 Å². The molecule has 0 aliphatic carbocycles. The van der Waals surface area contributed by atoms with E-state index in [0.29, 0.717) is 49.6 Å². The van der Waals surface area contributed by atoms with Gasteiger partial charge in [0.1, 0.15) is 16.2 Å². The first-order chi connectivity index (χ1) is 14.4. The van der Waals surface area contributed by atoms with Crippen molar-refractivity contribution in [2.24, 2.45) is 0 Å². The number of esters is 1. The number of sulfonamides is 1. The van der Waals surface area contributed by atoms with Crippen molar-refractivity contribution in [3.05, 3.63) is 59.7 Å². The molecule has 1 aliphatic rings. The molecule has 1 fully saturated rings. The molecule has 30 heavy (non-hydrogen) atoms. The van der Waals surface area contributed by atoms with Crippen LogP contribution in [0.1, 0.15) is 21.7 Å². The average molecular weight is 429 g/mol. The molecule has 0 N–H and O–H groups in total. The third kappa shape index (κ3) is 3.83. The summed E-state index contributed by atoms with van der Waals surface area (Å²) in [4.78, 5) is 18.5. The van der Waals surface area contributed by atoms with Gasteiger partial charge in [0.05, 0.1) is 25.4 Å². The molecule has 0 saturated carbocycles. The van der Waals surface area contributed by atoms with Crippen molar-refractivity contribution < 1.29 is 22.4 Å². The van der Waals surface area contributed by atoms with Crippen LogP contribution in [0.4, 0.5) is 0 Å². The molecule has 0 radical (unpaired) electrons. The largest absolute Gasteiger partial charge is 0.467 e. The second kappa shape index (κ2) is 8.17. The highest BCUT2D eigenvalue weighted by atomic mass is 32.2. The summed E-state index contributed by atoms with van der Waals surface area (Å²) in [6, 6.07) is 8.74. The van der Waals surface area contributed by atoms with Gasteiger partial charge in [-0.3, -0.25) is 9.88 Å². The van der Waals surface area contributed by atoms with E-state index in [-0.39, 0.29) is 4.90 Å². The lowest BCUT2D eigenvalue weighted by molar-refractivity contribution is 0.0595. The number of methoxy groups -OCH3 is 1. The van der Waals surface area contributed by atoms with Gasteiger partial charge in [-0.25, -0.2) is 13.2 Å². The molecule has 158 valence electrons. The zero-order valence-electron chi connectivity index (χ0n) is 16.9. The zero-order valence-corrected chi connectivity index (χ0v) is 17.7. The Morgan fingerprint density at radius 1 is 1.20 bits per heavy atom. The third-order valence-electron chi connectivity index (χ3n) is 5.28. The van der Waals surface area contributed by atoms with Gasteiger partial charge < -0.3 is 9.15 Å². The van der Waals surface area contributed by atoms with E-state index in [9.17, 15) is 13.2 Å². The zero-order chi connectivity index (χ0) is 21.3. The predicted octanol–water partition coefficient (Wildman–Crippen LogP) is 2.43. The van der Waals surface area contributed by atoms with Crippen LogP contribution < -0.4 is 0 Å². The summed E-state index contributed by atoms with van der Waals surface area (Å²) >= 11 is 0. The molecule has 8 nitrogen and oxygen atoms in total. The summed E-state index contributed by atoms with van der Waals surface area (Å²) in [5.41, 5.74) is 1.86. The summed E-state index contributed by atoms with van der Waals surface area (Å²) < 4.78 is 38.2.